The van der Waals surface area contributed by atoms with Gasteiger partial charge in [0.25, 0.3) is 0 Å². The minimum Gasteiger partial charge on any atom is -0.326 e. The number of hydrogen-bond donors (Lipinski definition) is 1. The molecule has 1 N–H and O–H groups in total. The van der Waals surface area contributed by atoms with Crippen molar-refractivity contribution in [3.05, 3.63) is 93.8 Å². The highest BCUT2D eigenvalue weighted by Gasteiger charge is 2.28. The van der Waals surface area contributed by atoms with Gasteiger partial charge in [-0.1, -0.05) is 48.2 Å². The normalized spacial score (nSPS) is 14.4. The number of nitrogens with one attached hydrogen (secondary N) is 1. The van der Waals surface area contributed by atoms with Gasteiger partial charge >= 0.3 is 0 Å². The van der Waals surface area contributed by atoms with Gasteiger partial charge in [0.1, 0.15) is 0 Å². The lowest BCUT2D eigenvalue weighted by Crippen LogP contribution is -2.33. The van der Waals surface area contributed by atoms with Crippen molar-refractivity contribution in [1.82, 2.24) is 4.90 Å². The summed E-state index contributed by atoms with van der Waals surface area (Å²) in [5, 5.41) is 4.94. The Bertz CT molecular complexity index is 1170. The average Bonchev–Trinajstić information content (AvgIpc) is 3.26. The highest BCUT2D eigenvalue weighted by atomic mass is 32.1. The second kappa shape index (κ2) is 8.81. The largest absolute Gasteiger partial charge is 0.326 e. The number of carbonyl (C=O) groups excluding carboxylic acids is 2. The molecule has 2 heterocycles. The maximum absolute atomic E-state index is 12.8. The quantitative estimate of drug-likeness (QED) is 0.612. The Kier molecular flexibility index (Phi) is 5.78. The summed E-state index contributed by atoms with van der Waals surface area (Å²) >= 11 is 1.59. The molecular formula is C25H20N2O2S. The molecule has 0 aliphatic carbocycles. The highest BCUT2D eigenvalue weighted by molar-refractivity contribution is 7.10. The molecule has 1 aliphatic rings. The maximum Gasteiger partial charge on any atom is 0.226 e. The molecule has 0 fully saturated rings. The molecule has 30 heavy (non-hydrogen) atoms. The summed E-state index contributed by atoms with van der Waals surface area (Å²) in [6, 6.07) is 18.9. The lowest BCUT2D eigenvalue weighted by atomic mass is 9.93. The first-order valence-electron chi connectivity index (χ1n) is 9.61. The van der Waals surface area contributed by atoms with E-state index in [0.29, 0.717) is 5.69 Å². The van der Waals surface area contributed by atoms with E-state index in [1.807, 2.05) is 72.1 Å². The third kappa shape index (κ3) is 4.51. The predicted molar refractivity (Wildman–Crippen MR) is 121 cm³/mol. The lowest BCUT2D eigenvalue weighted by molar-refractivity contribution is -0.129. The van der Waals surface area contributed by atoms with E-state index in [4.69, 9.17) is 0 Å². The molecule has 2 aromatic carbocycles. The zero-order valence-electron chi connectivity index (χ0n) is 16.5. The Labute approximate surface area is 179 Å². The predicted octanol–water partition coefficient (Wildman–Crippen LogP) is 5.05. The molecule has 5 heteroatoms. The number of nitrogens with zero attached hydrogens (tertiary/aromatic N) is 1. The zero-order chi connectivity index (χ0) is 20.9. The molecular weight excluding hydrogens is 392 g/mol. The summed E-state index contributed by atoms with van der Waals surface area (Å²) in [5.41, 5.74) is 3.52. The van der Waals surface area contributed by atoms with E-state index in [1.54, 1.807) is 22.4 Å². The fraction of sp³-hybridized carbons (Fsp3) is 0.120. The monoisotopic (exact) mass is 412 g/mol. The van der Waals surface area contributed by atoms with Crippen LogP contribution in [-0.4, -0.2) is 16.7 Å². The number of benzene rings is 2. The lowest BCUT2D eigenvalue weighted by Gasteiger charge is -2.32. The first-order chi connectivity index (χ1) is 14.6. The van der Waals surface area contributed by atoms with Crippen LogP contribution in [0.25, 0.3) is 6.08 Å². The Hall–Kier alpha value is -3.62. The van der Waals surface area contributed by atoms with Gasteiger partial charge in [-0.25, -0.2) is 0 Å². The van der Waals surface area contributed by atoms with Gasteiger partial charge in [0, 0.05) is 24.4 Å². The van der Waals surface area contributed by atoms with Crippen LogP contribution in [0.1, 0.15) is 41.0 Å². The molecule has 0 spiro atoms. The van der Waals surface area contributed by atoms with Crippen molar-refractivity contribution in [2.75, 3.05) is 5.32 Å². The first-order valence-corrected chi connectivity index (χ1v) is 10.5. The summed E-state index contributed by atoms with van der Waals surface area (Å²) in [6.45, 7) is 1.51. The van der Waals surface area contributed by atoms with Gasteiger partial charge in [0.05, 0.1) is 17.3 Å². The van der Waals surface area contributed by atoms with Crippen LogP contribution in [0.15, 0.2) is 72.2 Å². The molecule has 3 aromatic rings. The number of thiophene rings is 1. The van der Waals surface area contributed by atoms with Crippen LogP contribution < -0.4 is 5.32 Å². The number of hydrogen-bond acceptors (Lipinski definition) is 3. The fourth-order valence-corrected chi connectivity index (χ4v) is 4.03. The Morgan fingerprint density at radius 2 is 1.93 bits per heavy atom. The number of anilines is 1. The molecule has 2 amide bonds. The molecule has 4 rings (SSSR count). The second-order valence-corrected chi connectivity index (χ2v) is 7.89. The summed E-state index contributed by atoms with van der Waals surface area (Å²) < 4.78 is 0. The van der Waals surface area contributed by atoms with Gasteiger partial charge < -0.3 is 10.2 Å². The van der Waals surface area contributed by atoms with Crippen LogP contribution in [0.3, 0.4) is 0 Å². The molecule has 0 saturated heterocycles. The minimum atomic E-state index is -0.328. The van der Waals surface area contributed by atoms with E-state index in [-0.39, 0.29) is 24.3 Å². The van der Waals surface area contributed by atoms with Crippen molar-refractivity contribution in [1.29, 1.82) is 0 Å². The second-order valence-electron chi connectivity index (χ2n) is 6.95. The van der Waals surface area contributed by atoms with Gasteiger partial charge in [0.15, 0.2) is 0 Å². The Morgan fingerprint density at radius 1 is 1.07 bits per heavy atom. The third-order valence-corrected chi connectivity index (χ3v) is 5.63. The topological polar surface area (TPSA) is 49.4 Å². The van der Waals surface area contributed by atoms with E-state index in [0.717, 1.165) is 21.6 Å². The smallest absolute Gasteiger partial charge is 0.226 e. The summed E-state index contributed by atoms with van der Waals surface area (Å²) in [5.74, 6) is 6.00. The molecule has 0 radical (unpaired) electrons. The van der Waals surface area contributed by atoms with Crippen LogP contribution >= 0.6 is 11.3 Å². The van der Waals surface area contributed by atoms with Crippen molar-refractivity contribution in [2.24, 2.45) is 0 Å². The molecule has 0 saturated carbocycles. The SMILES string of the molecule is CC(=O)N1C=Cc2ccccc2[C@@H]1CC(=O)Nc1cccc(C#Cc2cccs2)c1. The van der Waals surface area contributed by atoms with Crippen molar-refractivity contribution >= 4 is 34.9 Å². The van der Waals surface area contributed by atoms with E-state index in [1.165, 1.54) is 6.92 Å². The zero-order valence-corrected chi connectivity index (χ0v) is 17.3. The molecule has 1 aromatic heterocycles. The van der Waals surface area contributed by atoms with Crippen molar-refractivity contribution in [3.63, 3.8) is 0 Å². The molecule has 0 unspecified atom stereocenters. The summed E-state index contributed by atoms with van der Waals surface area (Å²) in [6.07, 6.45) is 3.83. The van der Waals surface area contributed by atoms with Gasteiger partial charge in [-0.15, -0.1) is 11.3 Å². The standard InChI is InChI=1S/C25H20N2O2S/c1-18(28)27-14-13-20-7-2-3-10-23(20)24(27)17-25(29)26-21-8-4-6-19(16-21)11-12-22-9-5-15-30-22/h2-10,13-16,24H,17H2,1H3,(H,26,29)/t24-/m0/s1. The minimum absolute atomic E-state index is 0.0931. The molecule has 1 atom stereocenters. The molecule has 148 valence electrons. The Morgan fingerprint density at radius 3 is 2.73 bits per heavy atom. The highest BCUT2D eigenvalue weighted by Crippen LogP contribution is 2.33. The van der Waals surface area contributed by atoms with Gasteiger partial charge in [-0.3, -0.25) is 9.59 Å². The third-order valence-electron chi connectivity index (χ3n) is 4.85. The van der Waals surface area contributed by atoms with Crippen molar-refractivity contribution in [2.45, 2.75) is 19.4 Å². The van der Waals surface area contributed by atoms with E-state index in [2.05, 4.69) is 17.2 Å². The molecule has 1 aliphatic heterocycles. The number of amides is 2. The molecule has 4 nitrogen and oxygen atoms in total. The first kappa shape index (κ1) is 19.7. The summed E-state index contributed by atoms with van der Waals surface area (Å²) in [7, 11) is 0. The van der Waals surface area contributed by atoms with Crippen molar-refractivity contribution in [3.8, 4) is 11.8 Å². The number of fused-ring (bicyclic) bond motifs is 1. The van der Waals surface area contributed by atoms with Crippen LogP contribution in [0.4, 0.5) is 5.69 Å². The van der Waals surface area contributed by atoms with Crippen LogP contribution in [0, 0.1) is 11.8 Å². The summed E-state index contributed by atoms with van der Waals surface area (Å²) in [4.78, 5) is 27.5. The fourth-order valence-electron chi connectivity index (χ4n) is 3.46. The van der Waals surface area contributed by atoms with E-state index >= 15 is 0 Å². The number of rotatable bonds is 3. The van der Waals surface area contributed by atoms with E-state index < -0.39 is 0 Å². The maximum atomic E-state index is 12.8. The van der Waals surface area contributed by atoms with Crippen LogP contribution in [0.5, 0.6) is 0 Å². The van der Waals surface area contributed by atoms with Gasteiger partial charge in [0.2, 0.25) is 11.8 Å². The Balaban J connectivity index is 1.50. The van der Waals surface area contributed by atoms with Gasteiger partial charge in [-0.05, 0) is 46.8 Å². The average molecular weight is 413 g/mol. The van der Waals surface area contributed by atoms with Crippen LogP contribution in [0.2, 0.25) is 0 Å². The number of carbonyl (C=O) groups is 2. The van der Waals surface area contributed by atoms with Gasteiger partial charge in [-0.2, -0.15) is 0 Å². The van der Waals surface area contributed by atoms with E-state index in [9.17, 15) is 9.59 Å². The van der Waals surface area contributed by atoms with Crippen molar-refractivity contribution < 1.29 is 9.59 Å². The molecule has 0 bridgehead atoms. The van der Waals surface area contributed by atoms with Crippen LogP contribution in [-0.2, 0) is 9.59 Å².